The van der Waals surface area contributed by atoms with Gasteiger partial charge in [-0.05, 0) is 303 Å². The quantitative estimate of drug-likeness (QED) is 0.0130. The maximum Gasteiger partial charge on any atom is 0.338 e. The van der Waals surface area contributed by atoms with Gasteiger partial charge < -0.3 is 97.0 Å². The third-order valence-corrected chi connectivity index (χ3v) is 35.7. The van der Waals surface area contributed by atoms with Gasteiger partial charge in [-0.1, -0.05) is 76.2 Å². The summed E-state index contributed by atoms with van der Waals surface area (Å²) in [4.78, 5) is 58.1. The van der Waals surface area contributed by atoms with Crippen molar-refractivity contribution in [3.05, 3.63) is 246 Å². The number of methoxy groups -OCH3 is 6. The molecule has 0 spiro atoms. The van der Waals surface area contributed by atoms with Gasteiger partial charge in [-0.15, -0.1) is 0 Å². The number of esters is 4. The highest BCUT2D eigenvalue weighted by atomic mass is 16.6. The van der Waals surface area contributed by atoms with Crippen LogP contribution in [0.4, 0.5) is 0 Å². The number of hydrogen-bond donors (Lipinski definition) is 6. The predicted octanol–water partition coefficient (Wildman–Crippen LogP) is 19.8. The van der Waals surface area contributed by atoms with Crippen LogP contribution >= 0.6 is 0 Å². The highest BCUT2D eigenvalue weighted by Crippen LogP contribution is 2.70. The molecule has 0 aromatic heterocycles. The van der Waals surface area contributed by atoms with Crippen LogP contribution in [-0.4, -0.2) is 195 Å². The van der Waals surface area contributed by atoms with Crippen LogP contribution < -0.4 is 9.47 Å². The number of ether oxygens (including phenoxy) is 14. The Morgan fingerprint density at radius 3 is 0.700 bits per heavy atom. The zero-order chi connectivity index (χ0) is 97.7. The van der Waals surface area contributed by atoms with Crippen molar-refractivity contribution in [2.24, 2.45) is 45.3 Å². The highest BCUT2D eigenvalue weighted by molar-refractivity contribution is 5.91. The van der Waals surface area contributed by atoms with Crippen molar-refractivity contribution in [1.82, 2.24) is 0 Å². The van der Waals surface area contributed by atoms with Crippen molar-refractivity contribution in [2.75, 3.05) is 95.5 Å². The fourth-order valence-corrected chi connectivity index (χ4v) is 32.8. The molecule has 744 valence electrons. The number of carbonyl (C=O) groups excluding carboxylic acids is 4. The largest absolute Gasteiger partial charge is 0.508 e. The Morgan fingerprint density at radius 2 is 0.479 bits per heavy atom. The zero-order valence-electron chi connectivity index (χ0n) is 82.5. The van der Waals surface area contributed by atoms with Gasteiger partial charge >= 0.3 is 23.9 Å². The third kappa shape index (κ3) is 17.7. The maximum absolute atomic E-state index is 14.5. The van der Waals surface area contributed by atoms with Crippen LogP contribution in [0.15, 0.2) is 146 Å². The lowest BCUT2D eigenvalue weighted by Crippen LogP contribution is -2.64. The number of phenols is 4. The Bertz CT molecular complexity index is 5370. The molecule has 8 aromatic carbocycles. The van der Waals surface area contributed by atoms with E-state index in [-0.39, 0.29) is 198 Å². The van der Waals surface area contributed by atoms with Crippen LogP contribution in [0.25, 0.3) is 0 Å². The summed E-state index contributed by atoms with van der Waals surface area (Å²) < 4.78 is 89.3. The summed E-state index contributed by atoms with van der Waals surface area (Å²) in [7, 11) is 10.2. The molecule has 140 heavy (non-hydrogen) atoms. The highest BCUT2D eigenvalue weighted by Gasteiger charge is 2.67. The molecule has 6 N–H and O–H groups in total. The Kier molecular flexibility index (Phi) is 24.8. The first-order valence-corrected chi connectivity index (χ1v) is 50.7. The number of phenolic OH excluding ortho intramolecular Hbond substituents is 4. The van der Waals surface area contributed by atoms with Crippen LogP contribution in [0.3, 0.4) is 0 Å². The topological polar surface area (TPSA) is 319 Å². The number of aromatic hydroxyl groups is 4. The summed E-state index contributed by atoms with van der Waals surface area (Å²) in [5.74, 6) is -5.89. The van der Waals surface area contributed by atoms with E-state index in [0.29, 0.717) is 68.2 Å². The summed E-state index contributed by atoms with van der Waals surface area (Å²) in [5, 5.41) is 77.3. The van der Waals surface area contributed by atoms with Crippen molar-refractivity contribution < 1.29 is 116 Å². The third-order valence-electron chi connectivity index (χ3n) is 35.7. The SMILES string of the molecule is COc1cc(O)c2cc1C(c1ccc(C(=O)OCCOC34CC5CC(C)(CC(OC)(C5)C3)C4)cc1)c1cc(c(OC)cc1O)C(c1ccc(C(=O)OCCOC34CC5CC(C)(CC(OC)(C5)C3)C4)cc1)c1cc(c(CO)cc1O)C(c1ccc(C(=O)OCCOC34CC5CC(C)(CC(OC)(C5)C3)C4)cc1)c1cc(c(CO)cc1O)C2c1ccc(C(=O)OCCOC23CC4CC(C)(CC(OC)(C4)C2)C3)cc1. The maximum atomic E-state index is 14.5. The molecule has 17 aliphatic rings. The fraction of sp³-hybridized carbons (Fsp3) is 0.552. The molecule has 16 fully saturated rings. The van der Waals surface area contributed by atoms with Crippen molar-refractivity contribution >= 4 is 23.9 Å². The van der Waals surface area contributed by atoms with E-state index in [0.717, 1.165) is 154 Å². The van der Waals surface area contributed by atoms with E-state index in [4.69, 9.17) is 66.3 Å². The molecule has 20 atom stereocenters. The van der Waals surface area contributed by atoms with Gasteiger partial charge in [0, 0.05) is 123 Å². The van der Waals surface area contributed by atoms with Gasteiger partial charge in [0.1, 0.15) is 60.9 Å². The molecule has 8 aromatic rings. The average molecular weight is 1910 g/mol. The van der Waals surface area contributed by atoms with Crippen molar-refractivity contribution in [3.8, 4) is 34.5 Å². The average Bonchev–Trinajstić information content (AvgIpc) is 0.706. The minimum Gasteiger partial charge on any atom is -0.508 e. The first kappa shape index (κ1) is 96.2. The second kappa shape index (κ2) is 36.1. The molecule has 0 saturated heterocycles. The minimum absolute atomic E-state index is 0.0105. The monoisotopic (exact) mass is 1910 g/mol. The number of benzene rings is 8. The number of aliphatic hydroxyl groups excluding tert-OH is 2. The number of aliphatic hydroxyl groups is 2. The predicted molar refractivity (Wildman–Crippen MR) is 519 cm³/mol. The fourth-order valence-electron chi connectivity index (χ4n) is 32.8. The summed E-state index contributed by atoms with van der Waals surface area (Å²) in [5.41, 5.74) is 3.38. The van der Waals surface area contributed by atoms with E-state index >= 15 is 0 Å². The van der Waals surface area contributed by atoms with E-state index in [9.17, 15) is 49.8 Å². The van der Waals surface area contributed by atoms with Gasteiger partial charge in [0.25, 0.3) is 0 Å². The standard InChI is InChI=1S/C116H136O24/c1-105-43-69-47-109(57-105,129-7)65-113(51-69,61-105)137-31-27-133-101(123)77-19-11-73(12-20-77)97-84-38-86(92(120)36-82(84)56-118)99(75-15-23-79(24-16-75)103(125)135-29-33-139-115-53-71-45-107(3,63-115)59-111(49-71,67-115)131-9)90-40-88(94(122)42-96(90)128-6)100(76-17-25-80(26-18-76)104(126)136-30-34-140-116-54-72-46-108(4,64-116)60-112(50-72,68-116)132-10)89-39-87(93(121)41-95(89)127-5)98(83-37-85(97)91(119)35-81(83)55-117)74-13-21-78(22-14-74)102(124)134-28-32-138-114-52-70-44-106(2,62-114)58-110(48-70,66-114)130-8/h11-26,35-42,69-72,97-100,117-122H,27-34,43-68H2,1-10H3. The molecule has 24 bridgehead atoms. The van der Waals surface area contributed by atoms with Gasteiger partial charge in [0.15, 0.2) is 0 Å². The number of fused-ring (bicyclic) bond motifs is 8. The van der Waals surface area contributed by atoms with Gasteiger partial charge in [-0.3, -0.25) is 0 Å². The zero-order valence-corrected chi connectivity index (χ0v) is 82.5. The Balaban J connectivity index is 0.673. The van der Waals surface area contributed by atoms with E-state index < -0.39 is 72.0 Å². The summed E-state index contributed by atoms with van der Waals surface area (Å²) in [6, 6.07) is 40.2. The molecule has 24 nitrogen and oxygen atoms in total. The normalized spacial score (nSPS) is 34.0. The molecule has 24 heteroatoms. The number of rotatable bonds is 32. The molecule has 0 radical (unpaired) electrons. The molecular weight excluding hydrogens is 1780 g/mol. The van der Waals surface area contributed by atoms with Gasteiger partial charge in [0.05, 0.1) is 121 Å². The van der Waals surface area contributed by atoms with E-state index in [2.05, 4.69) is 27.7 Å². The van der Waals surface area contributed by atoms with E-state index in [1.165, 1.54) is 38.5 Å². The molecule has 16 saturated carbocycles. The van der Waals surface area contributed by atoms with Gasteiger partial charge in [-0.25, -0.2) is 19.2 Å². The Morgan fingerprint density at radius 1 is 0.264 bits per heavy atom. The summed E-state index contributed by atoms with van der Waals surface area (Å²) in [6.07, 6.45) is 23.1. The van der Waals surface area contributed by atoms with Crippen LogP contribution in [0.5, 0.6) is 34.5 Å². The first-order chi connectivity index (χ1) is 67.1. The number of hydrogen-bond acceptors (Lipinski definition) is 24. The molecule has 0 aliphatic heterocycles. The van der Waals surface area contributed by atoms with E-state index in [1.54, 1.807) is 136 Å². The lowest BCUT2D eigenvalue weighted by atomic mass is 9.46. The molecular formula is C116H136O24. The Labute approximate surface area is 820 Å². The molecule has 0 amide bonds. The number of carbonyl (C=O) groups is 4. The van der Waals surface area contributed by atoms with Gasteiger partial charge in [0.2, 0.25) is 0 Å². The second-order valence-corrected chi connectivity index (χ2v) is 46.6. The van der Waals surface area contributed by atoms with E-state index in [1.807, 2.05) is 14.2 Å². The van der Waals surface area contributed by atoms with Crippen molar-refractivity contribution in [2.45, 2.75) is 263 Å². The molecule has 25 rings (SSSR count). The lowest BCUT2D eigenvalue weighted by molar-refractivity contribution is -0.253. The molecule has 20 unspecified atom stereocenters. The smallest absolute Gasteiger partial charge is 0.338 e. The minimum atomic E-state index is -1.15. The van der Waals surface area contributed by atoms with Crippen molar-refractivity contribution in [1.29, 1.82) is 0 Å². The lowest BCUT2D eigenvalue weighted by Gasteiger charge is -2.64. The van der Waals surface area contributed by atoms with Crippen molar-refractivity contribution in [3.63, 3.8) is 0 Å². The van der Waals surface area contributed by atoms with Crippen LogP contribution in [-0.2, 0) is 70.1 Å². The molecule has 0 heterocycles. The van der Waals surface area contributed by atoms with Crippen LogP contribution in [0.2, 0.25) is 0 Å². The summed E-state index contributed by atoms with van der Waals surface area (Å²) >= 11 is 0. The van der Waals surface area contributed by atoms with Crippen LogP contribution in [0.1, 0.15) is 325 Å². The second-order valence-electron chi connectivity index (χ2n) is 46.6. The Hall–Kier alpha value is -9.96. The first-order valence-electron chi connectivity index (χ1n) is 50.7. The molecule has 17 aliphatic carbocycles. The summed E-state index contributed by atoms with van der Waals surface area (Å²) in [6.45, 7) is 8.69. The van der Waals surface area contributed by atoms with Crippen LogP contribution in [0, 0.1) is 45.3 Å². The van der Waals surface area contributed by atoms with Gasteiger partial charge in [-0.2, -0.15) is 0 Å².